The molecule has 0 aliphatic carbocycles. The Bertz CT molecular complexity index is 1160. The van der Waals surface area contributed by atoms with Gasteiger partial charge in [0.25, 0.3) is 5.56 Å². The Morgan fingerprint density at radius 2 is 2.08 bits per heavy atom. The van der Waals surface area contributed by atoms with E-state index in [1.807, 2.05) is 16.4 Å². The van der Waals surface area contributed by atoms with Gasteiger partial charge in [0.1, 0.15) is 22.5 Å². The fourth-order valence-corrected chi connectivity index (χ4v) is 4.89. The minimum absolute atomic E-state index is 0.0686. The summed E-state index contributed by atoms with van der Waals surface area (Å²) in [5.74, 6) is -0.0848. The molecule has 1 fully saturated rings. The van der Waals surface area contributed by atoms with Crippen LogP contribution in [0.3, 0.4) is 0 Å². The number of halogens is 1. The molecular formula is C17H17FN4O3S. The molecule has 4 heterocycles. The van der Waals surface area contributed by atoms with E-state index in [9.17, 15) is 9.59 Å². The smallest absolute Gasteiger partial charge is 0.271 e. The van der Waals surface area contributed by atoms with Gasteiger partial charge in [-0.3, -0.25) is 14.0 Å². The minimum atomic E-state index is -0.487. The fourth-order valence-electron chi connectivity index (χ4n) is 3.94. The molecule has 1 aromatic carbocycles. The number of H-pyrrole nitrogens is 1. The standard InChI is InChI=1S/C17H17FN4O3S/c1-8-7-25-15-12-9(6-10(18)13(15)21-4-2-19-3-5-21)14(23)11-16(24)20-26-17(11)22(8)12/h6,8,19H,2-5,7H2,1H3,(H,20,24)/t8-/m0/s1. The lowest BCUT2D eigenvalue weighted by Crippen LogP contribution is -2.44. The highest BCUT2D eigenvalue weighted by molar-refractivity contribution is 7.12. The minimum Gasteiger partial charge on any atom is -0.487 e. The van der Waals surface area contributed by atoms with Crippen LogP contribution < -0.4 is 25.9 Å². The molecule has 136 valence electrons. The van der Waals surface area contributed by atoms with Crippen LogP contribution in [-0.4, -0.2) is 41.7 Å². The maximum absolute atomic E-state index is 15.0. The lowest BCUT2D eigenvalue weighted by atomic mass is 10.1. The number of nitrogens with zero attached hydrogens (tertiary/aromatic N) is 2. The van der Waals surface area contributed by atoms with Gasteiger partial charge in [-0.15, -0.1) is 0 Å². The van der Waals surface area contributed by atoms with Crippen LogP contribution in [-0.2, 0) is 0 Å². The van der Waals surface area contributed by atoms with Gasteiger partial charge in [0.15, 0.2) is 11.6 Å². The van der Waals surface area contributed by atoms with Crippen molar-refractivity contribution in [2.45, 2.75) is 13.0 Å². The summed E-state index contributed by atoms with van der Waals surface area (Å²) in [5.41, 5.74) is 0.110. The van der Waals surface area contributed by atoms with Crippen molar-refractivity contribution in [3.8, 4) is 5.75 Å². The van der Waals surface area contributed by atoms with Gasteiger partial charge < -0.3 is 19.5 Å². The highest BCUT2D eigenvalue weighted by Gasteiger charge is 2.31. The number of aromatic nitrogens is 2. The largest absolute Gasteiger partial charge is 0.487 e. The molecular weight excluding hydrogens is 359 g/mol. The van der Waals surface area contributed by atoms with E-state index < -0.39 is 16.8 Å². The van der Waals surface area contributed by atoms with E-state index in [1.165, 1.54) is 6.07 Å². The maximum atomic E-state index is 15.0. The van der Waals surface area contributed by atoms with Crippen LogP contribution in [0.4, 0.5) is 10.1 Å². The predicted octanol–water partition coefficient (Wildman–Crippen LogP) is 1.41. The molecule has 0 saturated carbocycles. The zero-order valence-electron chi connectivity index (χ0n) is 14.1. The third-order valence-electron chi connectivity index (χ3n) is 5.14. The van der Waals surface area contributed by atoms with Crippen LogP contribution in [0, 0.1) is 5.82 Å². The van der Waals surface area contributed by atoms with Gasteiger partial charge in [-0.1, -0.05) is 0 Å². The molecule has 9 heteroatoms. The maximum Gasteiger partial charge on any atom is 0.271 e. The van der Waals surface area contributed by atoms with Crippen molar-refractivity contribution in [1.29, 1.82) is 0 Å². The normalized spacial score (nSPS) is 19.9. The van der Waals surface area contributed by atoms with Crippen molar-refractivity contribution in [2.75, 3.05) is 37.7 Å². The van der Waals surface area contributed by atoms with E-state index in [-0.39, 0.29) is 16.8 Å². The van der Waals surface area contributed by atoms with Gasteiger partial charge in [0.2, 0.25) is 5.43 Å². The number of aromatic amines is 1. The lowest BCUT2D eigenvalue weighted by Gasteiger charge is -2.34. The molecule has 1 atom stereocenters. The Kier molecular flexibility index (Phi) is 3.38. The van der Waals surface area contributed by atoms with E-state index in [4.69, 9.17) is 4.74 Å². The van der Waals surface area contributed by atoms with Crippen LogP contribution in [0.5, 0.6) is 5.75 Å². The summed E-state index contributed by atoms with van der Waals surface area (Å²) in [4.78, 5) is 27.5. The Hall–Kier alpha value is -2.39. The highest BCUT2D eigenvalue weighted by atomic mass is 32.1. The second-order valence-electron chi connectivity index (χ2n) is 6.74. The van der Waals surface area contributed by atoms with Crippen LogP contribution in [0.1, 0.15) is 13.0 Å². The molecule has 0 bridgehead atoms. The molecule has 0 unspecified atom stereocenters. The van der Waals surface area contributed by atoms with E-state index in [2.05, 4.69) is 9.69 Å². The van der Waals surface area contributed by atoms with Gasteiger partial charge in [0, 0.05) is 26.2 Å². The summed E-state index contributed by atoms with van der Waals surface area (Å²) in [5, 5.41) is 3.54. The molecule has 2 aliphatic rings. The molecule has 0 amide bonds. The van der Waals surface area contributed by atoms with E-state index >= 15 is 4.39 Å². The predicted molar refractivity (Wildman–Crippen MR) is 99.5 cm³/mol. The second-order valence-corrected chi connectivity index (χ2v) is 7.54. The number of ether oxygens (including phenoxy) is 1. The number of anilines is 1. The van der Waals surface area contributed by atoms with Gasteiger partial charge in [-0.25, -0.2) is 4.39 Å². The molecule has 1 saturated heterocycles. The molecule has 2 aromatic heterocycles. The number of fused-ring (bicyclic) bond motifs is 2. The van der Waals surface area contributed by atoms with Crippen LogP contribution in [0.25, 0.3) is 21.1 Å². The second kappa shape index (κ2) is 5.55. The van der Waals surface area contributed by atoms with Crippen LogP contribution in [0.2, 0.25) is 0 Å². The van der Waals surface area contributed by atoms with Gasteiger partial charge in [-0.05, 0) is 24.5 Å². The summed E-state index contributed by atoms with van der Waals surface area (Å²) in [6.45, 7) is 5.17. The van der Waals surface area contributed by atoms with Crippen LogP contribution in [0.15, 0.2) is 15.7 Å². The van der Waals surface area contributed by atoms with Crippen molar-refractivity contribution in [3.05, 3.63) is 32.5 Å². The lowest BCUT2D eigenvalue weighted by molar-refractivity contribution is 0.250. The Labute approximate surface area is 151 Å². The number of pyridine rings is 1. The molecule has 0 radical (unpaired) electrons. The third-order valence-corrected chi connectivity index (χ3v) is 6.02. The van der Waals surface area contributed by atoms with E-state index in [1.54, 1.807) is 0 Å². The first-order valence-electron chi connectivity index (χ1n) is 8.58. The van der Waals surface area contributed by atoms with E-state index in [0.717, 1.165) is 24.6 Å². The fraction of sp³-hybridized carbons (Fsp3) is 0.412. The van der Waals surface area contributed by atoms with Crippen molar-refractivity contribution < 1.29 is 9.13 Å². The monoisotopic (exact) mass is 376 g/mol. The van der Waals surface area contributed by atoms with Crippen molar-refractivity contribution in [1.82, 2.24) is 14.3 Å². The van der Waals surface area contributed by atoms with Gasteiger partial charge in [0.05, 0.1) is 16.9 Å². The first kappa shape index (κ1) is 15.8. The Morgan fingerprint density at radius 3 is 2.85 bits per heavy atom. The zero-order chi connectivity index (χ0) is 18.0. The summed E-state index contributed by atoms with van der Waals surface area (Å²) >= 11 is 1.14. The van der Waals surface area contributed by atoms with Crippen molar-refractivity contribution in [2.24, 2.45) is 0 Å². The zero-order valence-corrected chi connectivity index (χ0v) is 14.9. The van der Waals surface area contributed by atoms with Crippen molar-refractivity contribution in [3.63, 3.8) is 0 Å². The number of benzene rings is 1. The number of piperazine rings is 1. The quantitative estimate of drug-likeness (QED) is 0.671. The Morgan fingerprint density at radius 1 is 1.31 bits per heavy atom. The molecule has 2 N–H and O–H groups in total. The Balaban J connectivity index is 1.95. The van der Waals surface area contributed by atoms with E-state index in [0.29, 0.717) is 41.5 Å². The number of hydrogen-bond donors (Lipinski definition) is 2. The highest BCUT2D eigenvalue weighted by Crippen LogP contribution is 2.43. The molecule has 0 spiro atoms. The summed E-state index contributed by atoms with van der Waals surface area (Å²) < 4.78 is 25.6. The molecule has 7 nitrogen and oxygen atoms in total. The topological polar surface area (TPSA) is 79.4 Å². The van der Waals surface area contributed by atoms with Crippen molar-refractivity contribution >= 4 is 38.3 Å². The number of rotatable bonds is 1. The molecule has 26 heavy (non-hydrogen) atoms. The molecule has 3 aromatic rings. The van der Waals surface area contributed by atoms with Gasteiger partial charge >= 0.3 is 0 Å². The summed E-state index contributed by atoms with van der Waals surface area (Å²) in [6, 6.07) is 1.19. The van der Waals surface area contributed by atoms with Gasteiger partial charge in [-0.2, -0.15) is 0 Å². The average Bonchev–Trinajstić information content (AvgIpc) is 3.03. The first-order chi connectivity index (χ1) is 12.6. The van der Waals surface area contributed by atoms with Crippen LogP contribution >= 0.6 is 11.5 Å². The molecule has 2 aliphatic heterocycles. The third kappa shape index (κ3) is 2.01. The SMILES string of the molecule is C[C@H]1COc2c(N3CCNCC3)c(F)cc3c(=O)c4c(=O)[nH]sc4n1c23. The number of nitrogens with one attached hydrogen (secondary N) is 2. The first-order valence-corrected chi connectivity index (χ1v) is 9.40. The number of hydrogen-bond acceptors (Lipinski definition) is 6. The summed E-state index contributed by atoms with van der Waals surface area (Å²) in [6.07, 6.45) is 0. The summed E-state index contributed by atoms with van der Waals surface area (Å²) in [7, 11) is 0. The average molecular weight is 376 g/mol. The molecule has 5 rings (SSSR count).